The number of hydrogen-bond donors (Lipinski definition) is 2. The summed E-state index contributed by atoms with van der Waals surface area (Å²) in [6.07, 6.45) is 8.62. The maximum atomic E-state index is 5.33. The molecule has 0 atom stereocenters. The third kappa shape index (κ3) is 3.98. The van der Waals surface area contributed by atoms with Crippen LogP contribution in [0.1, 0.15) is 62.5 Å². The molecule has 0 aromatic carbocycles. The van der Waals surface area contributed by atoms with Crippen molar-refractivity contribution < 1.29 is 0 Å². The molecule has 0 bridgehead atoms. The van der Waals surface area contributed by atoms with Gasteiger partial charge in [-0.1, -0.05) is 12.8 Å². The van der Waals surface area contributed by atoms with Crippen molar-refractivity contribution in [1.82, 2.24) is 25.1 Å². The maximum Gasteiger partial charge on any atom is 0.187 e. The molecule has 1 saturated carbocycles. The molecule has 26 heavy (non-hydrogen) atoms. The highest BCUT2D eigenvalue weighted by molar-refractivity contribution is 7.80. The number of hydrazone groups is 1. The minimum absolute atomic E-state index is 0.305. The Morgan fingerprint density at radius 1 is 1.35 bits per heavy atom. The smallest absolute Gasteiger partial charge is 0.187 e. The van der Waals surface area contributed by atoms with Crippen LogP contribution in [0.15, 0.2) is 23.4 Å². The highest BCUT2D eigenvalue weighted by Gasteiger charge is 2.16. The summed E-state index contributed by atoms with van der Waals surface area (Å²) in [6, 6.07) is 4.97. The third-order valence-corrected chi connectivity index (χ3v) is 5.11. The van der Waals surface area contributed by atoms with Gasteiger partial charge in [-0.15, -0.1) is 0 Å². The second-order valence-corrected chi connectivity index (χ2v) is 7.62. The van der Waals surface area contributed by atoms with Crippen LogP contribution in [-0.4, -0.2) is 31.7 Å². The van der Waals surface area contributed by atoms with Crippen LogP contribution in [0.3, 0.4) is 0 Å². The lowest BCUT2D eigenvalue weighted by atomic mass is 10.2. The molecule has 7 heteroatoms. The summed E-state index contributed by atoms with van der Waals surface area (Å²) in [7, 11) is 0. The summed E-state index contributed by atoms with van der Waals surface area (Å²) >= 11 is 5.33. The van der Waals surface area contributed by atoms with E-state index < -0.39 is 0 Å². The zero-order valence-corrected chi connectivity index (χ0v) is 16.8. The Morgan fingerprint density at radius 3 is 2.77 bits per heavy atom. The van der Waals surface area contributed by atoms with Crippen LogP contribution in [0, 0.1) is 13.8 Å². The first-order valence-corrected chi connectivity index (χ1v) is 9.70. The zero-order valence-electron chi connectivity index (χ0n) is 16.0. The molecule has 1 aliphatic rings. The highest BCUT2D eigenvalue weighted by atomic mass is 32.1. The number of rotatable bonds is 5. The van der Waals surface area contributed by atoms with Gasteiger partial charge in [0, 0.05) is 35.1 Å². The fourth-order valence-corrected chi connectivity index (χ4v) is 3.82. The number of hydrogen-bond acceptors (Lipinski definition) is 3. The van der Waals surface area contributed by atoms with Gasteiger partial charge in [-0.3, -0.25) is 5.43 Å². The van der Waals surface area contributed by atoms with E-state index in [0.717, 1.165) is 22.8 Å². The molecule has 2 aromatic heterocycles. The minimum atomic E-state index is 0.305. The van der Waals surface area contributed by atoms with E-state index in [1.807, 2.05) is 23.2 Å². The van der Waals surface area contributed by atoms with Crippen LogP contribution >= 0.6 is 12.2 Å². The van der Waals surface area contributed by atoms with E-state index in [2.05, 4.69) is 59.3 Å². The molecule has 0 aliphatic heterocycles. The Labute approximate surface area is 160 Å². The molecule has 2 N–H and O–H groups in total. The Morgan fingerprint density at radius 2 is 2.08 bits per heavy atom. The monoisotopic (exact) mass is 372 g/mol. The quantitative estimate of drug-likeness (QED) is 0.478. The van der Waals surface area contributed by atoms with Crippen LogP contribution in [-0.2, 0) is 0 Å². The van der Waals surface area contributed by atoms with Gasteiger partial charge in [0.1, 0.15) is 5.82 Å². The lowest BCUT2D eigenvalue weighted by Gasteiger charge is -2.15. The number of aromatic nitrogens is 3. The lowest BCUT2D eigenvalue weighted by Crippen LogP contribution is -2.38. The topological polar surface area (TPSA) is 59.2 Å². The van der Waals surface area contributed by atoms with E-state index in [1.165, 1.54) is 25.7 Å². The number of nitrogens with zero attached hydrogens (tertiary/aromatic N) is 4. The van der Waals surface area contributed by atoms with Gasteiger partial charge in [0.25, 0.3) is 0 Å². The fourth-order valence-electron chi connectivity index (χ4n) is 3.60. The molecule has 1 aliphatic carbocycles. The fraction of sp³-hybridized carbons (Fsp3) is 0.526. The predicted octanol–water partition coefficient (Wildman–Crippen LogP) is 3.61. The molecule has 2 heterocycles. The summed E-state index contributed by atoms with van der Waals surface area (Å²) < 4.78 is 4.24. The first-order chi connectivity index (χ1) is 12.5. The predicted molar refractivity (Wildman–Crippen MR) is 110 cm³/mol. The van der Waals surface area contributed by atoms with E-state index in [0.29, 0.717) is 17.2 Å². The van der Waals surface area contributed by atoms with Crippen molar-refractivity contribution in [3.63, 3.8) is 0 Å². The van der Waals surface area contributed by atoms with E-state index in [-0.39, 0.29) is 0 Å². The van der Waals surface area contributed by atoms with Crippen LogP contribution in [0.4, 0.5) is 0 Å². The molecule has 1 fully saturated rings. The van der Waals surface area contributed by atoms with Crippen LogP contribution < -0.4 is 10.7 Å². The molecule has 0 radical (unpaired) electrons. The number of aryl methyl sites for hydroxylation is 1. The van der Waals surface area contributed by atoms with Gasteiger partial charge < -0.3 is 9.88 Å². The van der Waals surface area contributed by atoms with Gasteiger partial charge in [-0.05, 0) is 58.8 Å². The molecule has 6 nitrogen and oxygen atoms in total. The van der Waals surface area contributed by atoms with Crippen molar-refractivity contribution in [2.75, 3.05) is 0 Å². The largest absolute Gasteiger partial charge is 0.359 e. The van der Waals surface area contributed by atoms with E-state index in [1.54, 1.807) is 0 Å². The standard InChI is InChI=1S/C19H28N6S/c1-13(2)25-18(9-10-21-25)24-14(3)11-16(15(24)4)12-20-23-19(26)22-17-7-5-6-8-17/h9-13,17H,5-8H2,1-4H3,(H2,22,23,26)/b20-12-. The molecule has 0 spiro atoms. The Kier molecular flexibility index (Phi) is 5.76. The summed E-state index contributed by atoms with van der Waals surface area (Å²) in [4.78, 5) is 0. The average Bonchev–Trinajstić information content (AvgIpc) is 3.29. The molecule has 0 unspecified atom stereocenters. The molecular weight excluding hydrogens is 344 g/mol. The second-order valence-electron chi connectivity index (χ2n) is 7.21. The van der Waals surface area contributed by atoms with Crippen molar-refractivity contribution in [2.45, 2.75) is 65.5 Å². The summed E-state index contributed by atoms with van der Waals surface area (Å²) in [5.74, 6) is 1.07. The molecule has 140 valence electrons. The van der Waals surface area contributed by atoms with E-state index in [9.17, 15) is 0 Å². The van der Waals surface area contributed by atoms with Crippen molar-refractivity contribution in [3.05, 3.63) is 35.3 Å². The van der Waals surface area contributed by atoms with E-state index in [4.69, 9.17) is 12.2 Å². The minimum Gasteiger partial charge on any atom is -0.359 e. The number of nitrogens with one attached hydrogen (secondary N) is 2. The van der Waals surface area contributed by atoms with Crippen molar-refractivity contribution >= 4 is 23.5 Å². The molecule has 3 rings (SSSR count). The first kappa shape index (κ1) is 18.6. The SMILES string of the molecule is Cc1cc(/C=N\NC(=S)NC2CCCC2)c(C)n1-c1ccnn1C(C)C. The summed E-state index contributed by atoms with van der Waals surface area (Å²) in [5, 5.41) is 12.7. The summed E-state index contributed by atoms with van der Waals surface area (Å²) in [6.45, 7) is 8.47. The van der Waals surface area contributed by atoms with Crippen molar-refractivity contribution in [3.8, 4) is 5.82 Å². The average molecular weight is 373 g/mol. The van der Waals surface area contributed by atoms with Crippen molar-refractivity contribution in [1.29, 1.82) is 0 Å². The van der Waals surface area contributed by atoms with Gasteiger partial charge in [0.15, 0.2) is 5.11 Å². The second kappa shape index (κ2) is 8.03. The Hall–Kier alpha value is -2.15. The van der Waals surface area contributed by atoms with E-state index >= 15 is 0 Å². The highest BCUT2D eigenvalue weighted by Crippen LogP contribution is 2.21. The Bertz CT molecular complexity index is 795. The van der Waals surface area contributed by atoms with Gasteiger partial charge in [0.2, 0.25) is 0 Å². The third-order valence-electron chi connectivity index (χ3n) is 4.90. The normalized spacial score (nSPS) is 15.3. The van der Waals surface area contributed by atoms with Crippen LogP contribution in [0.25, 0.3) is 5.82 Å². The van der Waals surface area contributed by atoms with Gasteiger partial charge in [-0.2, -0.15) is 10.2 Å². The van der Waals surface area contributed by atoms with Crippen LogP contribution in [0.5, 0.6) is 0 Å². The van der Waals surface area contributed by atoms with Crippen LogP contribution in [0.2, 0.25) is 0 Å². The zero-order chi connectivity index (χ0) is 18.7. The molecule has 0 amide bonds. The lowest BCUT2D eigenvalue weighted by molar-refractivity contribution is 0.519. The van der Waals surface area contributed by atoms with Crippen molar-refractivity contribution in [2.24, 2.45) is 5.10 Å². The number of thiocarbonyl (C=S) groups is 1. The molecule has 2 aromatic rings. The summed E-state index contributed by atoms with van der Waals surface area (Å²) in [5.41, 5.74) is 6.29. The van der Waals surface area contributed by atoms with Gasteiger partial charge in [0.05, 0.1) is 12.4 Å². The molecule has 0 saturated heterocycles. The Balaban J connectivity index is 1.71. The van der Waals surface area contributed by atoms with Gasteiger partial charge in [-0.25, -0.2) is 4.68 Å². The van der Waals surface area contributed by atoms with Gasteiger partial charge >= 0.3 is 0 Å². The maximum absolute atomic E-state index is 5.33. The first-order valence-electron chi connectivity index (χ1n) is 9.29. The molecular formula is C19H28N6S.